The van der Waals surface area contributed by atoms with Crippen LogP contribution in [0.4, 0.5) is 5.69 Å². The van der Waals surface area contributed by atoms with Crippen molar-refractivity contribution in [3.05, 3.63) is 64.7 Å². The molecule has 4 nitrogen and oxygen atoms in total. The van der Waals surface area contributed by atoms with E-state index in [-0.39, 0.29) is 11.8 Å². The molecule has 0 saturated heterocycles. The van der Waals surface area contributed by atoms with E-state index in [1.807, 2.05) is 0 Å². The molecule has 2 aromatic rings. The lowest BCUT2D eigenvalue weighted by Gasteiger charge is -2.09. The molecular formula is C19H22N2O2. The Morgan fingerprint density at radius 2 is 1.83 bits per heavy atom. The number of aryl methyl sites for hydroxylation is 2. The average molecular weight is 310 g/mol. The van der Waals surface area contributed by atoms with Gasteiger partial charge in [0.1, 0.15) is 0 Å². The Kier molecular flexibility index (Phi) is 5.52. The molecule has 2 amide bonds. The maximum absolute atomic E-state index is 12.2. The molecule has 0 aromatic heterocycles. The highest BCUT2D eigenvalue weighted by molar-refractivity contribution is 5.96. The van der Waals surface area contributed by atoms with Gasteiger partial charge >= 0.3 is 0 Å². The first-order valence-electron chi connectivity index (χ1n) is 7.67. The molecule has 2 aromatic carbocycles. The zero-order valence-electron chi connectivity index (χ0n) is 13.8. The molecular weight excluding hydrogens is 288 g/mol. The lowest BCUT2D eigenvalue weighted by molar-refractivity contribution is -0.114. The van der Waals surface area contributed by atoms with Crippen LogP contribution < -0.4 is 10.6 Å². The monoisotopic (exact) mass is 310 g/mol. The second-order valence-corrected chi connectivity index (χ2v) is 5.70. The SMILES string of the molecule is CC(=O)Nc1cccc(C(=O)NCCc2ccc(C)cc2C)c1. The molecule has 0 fully saturated rings. The number of benzene rings is 2. The summed E-state index contributed by atoms with van der Waals surface area (Å²) in [5.74, 6) is -0.292. The van der Waals surface area contributed by atoms with E-state index in [4.69, 9.17) is 0 Å². The van der Waals surface area contributed by atoms with E-state index in [2.05, 4.69) is 42.7 Å². The maximum Gasteiger partial charge on any atom is 0.251 e. The zero-order valence-corrected chi connectivity index (χ0v) is 13.8. The molecule has 0 saturated carbocycles. The van der Waals surface area contributed by atoms with Crippen molar-refractivity contribution in [2.45, 2.75) is 27.2 Å². The van der Waals surface area contributed by atoms with Crippen LogP contribution >= 0.6 is 0 Å². The third-order valence-electron chi connectivity index (χ3n) is 3.62. The summed E-state index contributed by atoms with van der Waals surface area (Å²) in [6.45, 7) is 6.17. The molecule has 23 heavy (non-hydrogen) atoms. The molecule has 0 unspecified atom stereocenters. The fourth-order valence-electron chi connectivity index (χ4n) is 2.48. The Morgan fingerprint density at radius 1 is 1.04 bits per heavy atom. The average Bonchev–Trinajstić information content (AvgIpc) is 2.49. The van der Waals surface area contributed by atoms with E-state index in [1.54, 1.807) is 24.3 Å². The molecule has 0 heterocycles. The van der Waals surface area contributed by atoms with E-state index >= 15 is 0 Å². The van der Waals surface area contributed by atoms with Crippen molar-refractivity contribution in [1.29, 1.82) is 0 Å². The van der Waals surface area contributed by atoms with Crippen molar-refractivity contribution in [1.82, 2.24) is 5.32 Å². The van der Waals surface area contributed by atoms with Crippen LogP contribution in [0.5, 0.6) is 0 Å². The topological polar surface area (TPSA) is 58.2 Å². The second-order valence-electron chi connectivity index (χ2n) is 5.70. The minimum Gasteiger partial charge on any atom is -0.352 e. The third kappa shape index (κ3) is 4.95. The van der Waals surface area contributed by atoms with Crippen LogP contribution in [0.15, 0.2) is 42.5 Å². The van der Waals surface area contributed by atoms with Crippen LogP contribution in [0, 0.1) is 13.8 Å². The van der Waals surface area contributed by atoms with Gasteiger partial charge in [-0.15, -0.1) is 0 Å². The van der Waals surface area contributed by atoms with Crippen LogP contribution in [-0.4, -0.2) is 18.4 Å². The quantitative estimate of drug-likeness (QED) is 0.891. The molecule has 0 aliphatic heterocycles. The van der Waals surface area contributed by atoms with Gasteiger partial charge in [-0.05, 0) is 49.6 Å². The number of hydrogen-bond acceptors (Lipinski definition) is 2. The first-order valence-corrected chi connectivity index (χ1v) is 7.67. The van der Waals surface area contributed by atoms with Crippen molar-refractivity contribution >= 4 is 17.5 Å². The molecule has 2 N–H and O–H groups in total. The van der Waals surface area contributed by atoms with Crippen molar-refractivity contribution in [2.24, 2.45) is 0 Å². The van der Waals surface area contributed by atoms with Gasteiger partial charge in [-0.2, -0.15) is 0 Å². The summed E-state index contributed by atoms with van der Waals surface area (Å²) in [5.41, 5.74) is 4.89. The Balaban J connectivity index is 1.93. The van der Waals surface area contributed by atoms with Crippen LogP contribution in [0.1, 0.15) is 34.0 Å². The van der Waals surface area contributed by atoms with Crippen molar-refractivity contribution in [3.8, 4) is 0 Å². The number of hydrogen-bond donors (Lipinski definition) is 2. The van der Waals surface area contributed by atoms with Gasteiger partial charge < -0.3 is 10.6 Å². The smallest absolute Gasteiger partial charge is 0.251 e. The minimum atomic E-state index is -0.155. The van der Waals surface area contributed by atoms with Crippen LogP contribution in [0.2, 0.25) is 0 Å². The zero-order chi connectivity index (χ0) is 16.8. The summed E-state index contributed by atoms with van der Waals surface area (Å²) in [6.07, 6.45) is 0.795. The van der Waals surface area contributed by atoms with E-state index in [0.29, 0.717) is 17.8 Å². The normalized spacial score (nSPS) is 10.2. The summed E-state index contributed by atoms with van der Waals surface area (Å²) in [7, 11) is 0. The Labute approximate surface area is 136 Å². The van der Waals surface area contributed by atoms with Gasteiger partial charge in [0.25, 0.3) is 5.91 Å². The van der Waals surface area contributed by atoms with Crippen LogP contribution in [0.25, 0.3) is 0 Å². The lowest BCUT2D eigenvalue weighted by atomic mass is 10.0. The molecule has 2 rings (SSSR count). The summed E-state index contributed by atoms with van der Waals surface area (Å²) in [4.78, 5) is 23.3. The molecule has 0 aliphatic rings. The highest BCUT2D eigenvalue weighted by Crippen LogP contribution is 2.12. The van der Waals surface area contributed by atoms with Crippen LogP contribution in [0.3, 0.4) is 0 Å². The van der Waals surface area contributed by atoms with Gasteiger partial charge in [0.15, 0.2) is 0 Å². The highest BCUT2D eigenvalue weighted by Gasteiger charge is 2.07. The van der Waals surface area contributed by atoms with Gasteiger partial charge in [0.05, 0.1) is 0 Å². The fourth-order valence-corrected chi connectivity index (χ4v) is 2.48. The summed E-state index contributed by atoms with van der Waals surface area (Å²) < 4.78 is 0. The number of carbonyl (C=O) groups excluding carboxylic acids is 2. The number of anilines is 1. The third-order valence-corrected chi connectivity index (χ3v) is 3.62. The maximum atomic E-state index is 12.2. The van der Waals surface area contributed by atoms with E-state index in [9.17, 15) is 9.59 Å². The summed E-state index contributed by atoms with van der Waals surface area (Å²) >= 11 is 0. The first-order chi connectivity index (χ1) is 11.0. The number of carbonyl (C=O) groups is 2. The Morgan fingerprint density at radius 3 is 2.52 bits per heavy atom. The largest absolute Gasteiger partial charge is 0.352 e. The van der Waals surface area contributed by atoms with Crippen molar-refractivity contribution in [3.63, 3.8) is 0 Å². The van der Waals surface area contributed by atoms with Crippen molar-refractivity contribution in [2.75, 3.05) is 11.9 Å². The molecule has 0 atom stereocenters. The molecule has 120 valence electrons. The predicted molar refractivity (Wildman–Crippen MR) is 92.7 cm³/mol. The minimum absolute atomic E-state index is 0.137. The molecule has 0 bridgehead atoms. The first kappa shape index (κ1) is 16.7. The Bertz CT molecular complexity index is 723. The molecule has 0 radical (unpaired) electrons. The lowest BCUT2D eigenvalue weighted by Crippen LogP contribution is -2.26. The fraction of sp³-hybridized carbons (Fsp3) is 0.263. The van der Waals surface area contributed by atoms with Gasteiger partial charge in [0, 0.05) is 24.7 Å². The Hall–Kier alpha value is -2.62. The number of amides is 2. The molecule has 0 aliphatic carbocycles. The van der Waals surface area contributed by atoms with Gasteiger partial charge in [-0.1, -0.05) is 29.8 Å². The second kappa shape index (κ2) is 7.58. The summed E-state index contributed by atoms with van der Waals surface area (Å²) in [5, 5.41) is 5.59. The van der Waals surface area contributed by atoms with E-state index in [1.165, 1.54) is 23.6 Å². The van der Waals surface area contributed by atoms with Crippen LogP contribution in [-0.2, 0) is 11.2 Å². The van der Waals surface area contributed by atoms with Gasteiger partial charge in [-0.3, -0.25) is 9.59 Å². The summed E-state index contributed by atoms with van der Waals surface area (Å²) in [6, 6.07) is 13.3. The van der Waals surface area contributed by atoms with Crippen molar-refractivity contribution < 1.29 is 9.59 Å². The van der Waals surface area contributed by atoms with E-state index in [0.717, 1.165) is 6.42 Å². The van der Waals surface area contributed by atoms with Gasteiger partial charge in [-0.25, -0.2) is 0 Å². The number of rotatable bonds is 5. The molecule has 0 spiro atoms. The standard InChI is InChI=1S/C19H22N2O2/c1-13-7-8-16(14(2)11-13)9-10-20-19(23)17-5-4-6-18(12-17)21-15(3)22/h4-8,11-12H,9-10H2,1-3H3,(H,20,23)(H,21,22). The predicted octanol–water partition coefficient (Wildman–Crippen LogP) is 3.23. The number of nitrogens with one attached hydrogen (secondary N) is 2. The highest BCUT2D eigenvalue weighted by atomic mass is 16.2. The molecule has 4 heteroatoms. The van der Waals surface area contributed by atoms with Gasteiger partial charge in [0.2, 0.25) is 5.91 Å². The van der Waals surface area contributed by atoms with E-state index < -0.39 is 0 Å².